The molecular formula is C14H21BrCl2N6O2. The van der Waals surface area contributed by atoms with Crippen LogP contribution in [0.4, 0.5) is 0 Å². The lowest BCUT2D eigenvalue weighted by Crippen LogP contribution is -2.47. The van der Waals surface area contributed by atoms with E-state index in [9.17, 15) is 9.59 Å². The van der Waals surface area contributed by atoms with Gasteiger partial charge in [0.1, 0.15) is 5.82 Å². The van der Waals surface area contributed by atoms with E-state index in [1.165, 1.54) is 0 Å². The standard InChI is InChI=1S/C14H19BrN6O2.2ClH/c1-7(2)12(16)14(23)19-6-11(22)17-5-10-20-9-3-8(15)4-18-13(9)21-10;;/h3-4,7,12H,5-6,16H2,1-2H3,(H,17,22)(H,19,23)(H,18,20,21);2*1H/t12-;;/m0../s1. The highest BCUT2D eigenvalue weighted by atomic mass is 79.9. The van der Waals surface area contributed by atoms with Crippen LogP contribution < -0.4 is 16.4 Å². The van der Waals surface area contributed by atoms with Gasteiger partial charge in [0.2, 0.25) is 11.8 Å². The van der Waals surface area contributed by atoms with Crippen LogP contribution in [0.2, 0.25) is 0 Å². The Hall–Kier alpha value is -1.42. The molecule has 0 aliphatic rings. The zero-order valence-corrected chi connectivity index (χ0v) is 16.9. The van der Waals surface area contributed by atoms with Gasteiger partial charge in [-0.1, -0.05) is 13.8 Å². The molecule has 1 atom stereocenters. The van der Waals surface area contributed by atoms with E-state index in [1.807, 2.05) is 19.9 Å². The average molecular weight is 456 g/mol. The number of hydrogen-bond donors (Lipinski definition) is 4. The predicted octanol–water partition coefficient (Wildman–Crippen LogP) is 1.28. The van der Waals surface area contributed by atoms with Crippen molar-refractivity contribution in [3.05, 3.63) is 22.6 Å². The molecule has 2 heterocycles. The minimum Gasteiger partial charge on any atom is -0.347 e. The minimum atomic E-state index is -0.623. The van der Waals surface area contributed by atoms with Gasteiger partial charge in [0.25, 0.3) is 0 Å². The third-order valence-corrected chi connectivity index (χ3v) is 3.68. The summed E-state index contributed by atoms with van der Waals surface area (Å²) in [6.07, 6.45) is 1.65. The van der Waals surface area contributed by atoms with Crippen LogP contribution >= 0.6 is 40.7 Å². The first kappa shape index (κ1) is 23.6. The minimum absolute atomic E-state index is 0. The molecule has 8 nitrogen and oxygen atoms in total. The van der Waals surface area contributed by atoms with Crippen LogP contribution in [0.3, 0.4) is 0 Å². The second-order valence-electron chi connectivity index (χ2n) is 5.47. The van der Waals surface area contributed by atoms with E-state index in [1.54, 1.807) is 6.20 Å². The molecule has 11 heteroatoms. The Morgan fingerprint density at radius 1 is 1.32 bits per heavy atom. The average Bonchev–Trinajstić information content (AvgIpc) is 2.91. The van der Waals surface area contributed by atoms with Crippen molar-refractivity contribution in [2.24, 2.45) is 11.7 Å². The summed E-state index contributed by atoms with van der Waals surface area (Å²) in [5.74, 6) is -0.0542. The van der Waals surface area contributed by atoms with Crippen molar-refractivity contribution in [1.82, 2.24) is 25.6 Å². The number of rotatable bonds is 6. The molecule has 0 bridgehead atoms. The topological polar surface area (TPSA) is 126 Å². The number of carbonyl (C=O) groups excluding carboxylic acids is 2. The summed E-state index contributed by atoms with van der Waals surface area (Å²) in [6.45, 7) is 3.79. The highest BCUT2D eigenvalue weighted by molar-refractivity contribution is 9.10. The third-order valence-electron chi connectivity index (χ3n) is 3.25. The second kappa shape index (κ2) is 10.5. The molecule has 0 unspecified atom stereocenters. The van der Waals surface area contributed by atoms with Gasteiger partial charge in [0.05, 0.1) is 24.6 Å². The molecule has 140 valence electrons. The van der Waals surface area contributed by atoms with Crippen molar-refractivity contribution in [2.75, 3.05) is 6.54 Å². The van der Waals surface area contributed by atoms with E-state index < -0.39 is 6.04 Å². The van der Waals surface area contributed by atoms with Crippen LogP contribution in [0.1, 0.15) is 19.7 Å². The smallest absolute Gasteiger partial charge is 0.239 e. The molecule has 0 aliphatic heterocycles. The summed E-state index contributed by atoms with van der Waals surface area (Å²) >= 11 is 3.33. The Bertz CT molecular complexity index is 724. The Balaban J connectivity index is 0.00000288. The molecule has 5 N–H and O–H groups in total. The number of aromatic nitrogens is 3. The van der Waals surface area contributed by atoms with E-state index in [4.69, 9.17) is 5.73 Å². The van der Waals surface area contributed by atoms with Crippen LogP contribution in [-0.4, -0.2) is 39.4 Å². The number of nitrogens with one attached hydrogen (secondary N) is 3. The number of hydrogen-bond acceptors (Lipinski definition) is 5. The van der Waals surface area contributed by atoms with Crippen molar-refractivity contribution in [3.8, 4) is 0 Å². The number of nitrogens with zero attached hydrogens (tertiary/aromatic N) is 2. The fourth-order valence-electron chi connectivity index (χ4n) is 1.84. The van der Waals surface area contributed by atoms with Gasteiger partial charge in [0.15, 0.2) is 5.65 Å². The third kappa shape index (κ3) is 6.77. The highest BCUT2D eigenvalue weighted by Crippen LogP contribution is 2.14. The summed E-state index contributed by atoms with van der Waals surface area (Å²) in [4.78, 5) is 34.9. The number of imidazole rings is 1. The van der Waals surface area contributed by atoms with Gasteiger partial charge in [-0.3, -0.25) is 9.59 Å². The van der Waals surface area contributed by atoms with Gasteiger partial charge in [-0.05, 0) is 27.9 Å². The fraction of sp³-hybridized carbons (Fsp3) is 0.429. The molecule has 25 heavy (non-hydrogen) atoms. The quantitative estimate of drug-likeness (QED) is 0.521. The molecule has 2 amide bonds. The number of nitrogens with two attached hydrogens (primary N) is 1. The predicted molar refractivity (Wildman–Crippen MR) is 104 cm³/mol. The van der Waals surface area contributed by atoms with E-state index in [-0.39, 0.29) is 55.6 Å². The summed E-state index contributed by atoms with van der Waals surface area (Å²) in [5, 5.41) is 5.18. The SMILES string of the molecule is CC(C)[C@H](N)C(=O)NCC(=O)NCc1nc2ncc(Br)cc2[nH]1.Cl.Cl. The molecule has 2 aromatic heterocycles. The first-order valence-corrected chi connectivity index (χ1v) is 7.96. The largest absolute Gasteiger partial charge is 0.347 e. The number of aromatic amines is 1. The van der Waals surface area contributed by atoms with E-state index >= 15 is 0 Å². The molecule has 0 saturated carbocycles. The Morgan fingerprint density at radius 2 is 2.00 bits per heavy atom. The van der Waals surface area contributed by atoms with Crippen LogP contribution in [0.25, 0.3) is 11.2 Å². The van der Waals surface area contributed by atoms with E-state index in [0.717, 1.165) is 9.99 Å². The number of carbonyl (C=O) groups is 2. The summed E-state index contributed by atoms with van der Waals surface area (Å²) in [7, 11) is 0. The number of halogens is 3. The molecule has 2 rings (SSSR count). The normalized spacial score (nSPS) is 11.4. The van der Waals surface area contributed by atoms with Crippen molar-refractivity contribution < 1.29 is 9.59 Å². The number of H-pyrrole nitrogens is 1. The first-order valence-electron chi connectivity index (χ1n) is 7.17. The van der Waals surface area contributed by atoms with Gasteiger partial charge in [-0.15, -0.1) is 24.8 Å². The fourth-order valence-corrected chi connectivity index (χ4v) is 2.17. The molecule has 2 aromatic rings. The van der Waals surface area contributed by atoms with Crippen molar-refractivity contribution >= 4 is 63.7 Å². The zero-order valence-electron chi connectivity index (χ0n) is 13.7. The Labute approximate surface area is 166 Å². The molecule has 0 aromatic carbocycles. The number of pyridine rings is 1. The lowest BCUT2D eigenvalue weighted by atomic mass is 10.1. The second-order valence-corrected chi connectivity index (χ2v) is 6.39. The monoisotopic (exact) mass is 454 g/mol. The van der Waals surface area contributed by atoms with Gasteiger partial charge in [-0.25, -0.2) is 9.97 Å². The molecule has 0 fully saturated rings. The first-order chi connectivity index (χ1) is 10.9. The van der Waals surface area contributed by atoms with Crippen molar-refractivity contribution in [2.45, 2.75) is 26.4 Å². The van der Waals surface area contributed by atoms with Crippen LogP contribution in [0.5, 0.6) is 0 Å². The lowest BCUT2D eigenvalue weighted by Gasteiger charge is -2.14. The van der Waals surface area contributed by atoms with E-state index in [2.05, 4.69) is 41.5 Å². The van der Waals surface area contributed by atoms with Crippen LogP contribution in [-0.2, 0) is 16.1 Å². The van der Waals surface area contributed by atoms with Gasteiger partial charge in [0, 0.05) is 10.7 Å². The highest BCUT2D eigenvalue weighted by Gasteiger charge is 2.17. The molecule has 0 radical (unpaired) electrons. The van der Waals surface area contributed by atoms with Gasteiger partial charge < -0.3 is 21.4 Å². The maximum Gasteiger partial charge on any atom is 0.239 e. The molecular weight excluding hydrogens is 435 g/mol. The summed E-state index contributed by atoms with van der Waals surface area (Å²) in [5.41, 5.74) is 7.05. The van der Waals surface area contributed by atoms with Gasteiger partial charge >= 0.3 is 0 Å². The van der Waals surface area contributed by atoms with Crippen LogP contribution in [0.15, 0.2) is 16.7 Å². The summed E-state index contributed by atoms with van der Waals surface area (Å²) in [6, 6.07) is 1.23. The Kier molecular flexibility index (Phi) is 9.95. The summed E-state index contributed by atoms with van der Waals surface area (Å²) < 4.78 is 0.841. The van der Waals surface area contributed by atoms with Crippen molar-refractivity contribution in [1.29, 1.82) is 0 Å². The zero-order chi connectivity index (χ0) is 17.0. The van der Waals surface area contributed by atoms with Crippen LogP contribution in [0, 0.1) is 5.92 Å². The maximum absolute atomic E-state index is 11.8. The maximum atomic E-state index is 11.8. The lowest BCUT2D eigenvalue weighted by molar-refractivity contribution is -0.127. The number of amides is 2. The Morgan fingerprint density at radius 3 is 2.64 bits per heavy atom. The molecule has 0 aliphatic carbocycles. The van der Waals surface area contributed by atoms with Crippen molar-refractivity contribution in [3.63, 3.8) is 0 Å². The van der Waals surface area contributed by atoms with Gasteiger partial charge in [-0.2, -0.15) is 0 Å². The molecule has 0 spiro atoms. The molecule has 0 saturated heterocycles. The van der Waals surface area contributed by atoms with E-state index in [0.29, 0.717) is 11.5 Å². The number of fused-ring (bicyclic) bond motifs is 1.